The summed E-state index contributed by atoms with van der Waals surface area (Å²) in [7, 11) is 1.27. The lowest BCUT2D eigenvalue weighted by Crippen LogP contribution is -2.45. The maximum atomic E-state index is 13.8. The standard InChI is InChI=1S/C26H30N6O4S/c1-15(2)21(25(35)36-3)30-23(33)20-11-19-22(37-20)24(34)32(13-17-8-5-4-7-16(17)12-27)26(29-19)31-10-6-9-18(28)14-31/h4-5,7-8,11,15,18,21H,6,9-10,13-14,28H2,1-3H3,(H,30,33)/t18-,21?/m1/s1. The molecule has 4 rings (SSSR count). The van der Waals surface area contributed by atoms with Crippen LogP contribution in [0, 0.1) is 17.2 Å². The van der Waals surface area contributed by atoms with E-state index in [1.54, 1.807) is 22.8 Å². The van der Waals surface area contributed by atoms with Gasteiger partial charge in [-0.1, -0.05) is 32.0 Å². The van der Waals surface area contributed by atoms with E-state index in [9.17, 15) is 19.6 Å². The Morgan fingerprint density at radius 2 is 2.11 bits per heavy atom. The summed E-state index contributed by atoms with van der Waals surface area (Å²) in [5.74, 6) is -0.741. The Morgan fingerprint density at radius 1 is 1.35 bits per heavy atom. The van der Waals surface area contributed by atoms with Crippen LogP contribution in [0.1, 0.15) is 47.5 Å². The quantitative estimate of drug-likeness (QED) is 0.450. The molecule has 3 heterocycles. The lowest BCUT2D eigenvalue weighted by Gasteiger charge is -2.33. The summed E-state index contributed by atoms with van der Waals surface area (Å²) in [6.45, 7) is 5.01. The number of rotatable bonds is 7. The number of amides is 1. The molecule has 194 valence electrons. The zero-order valence-corrected chi connectivity index (χ0v) is 21.9. The molecule has 1 saturated heterocycles. The zero-order chi connectivity index (χ0) is 26.7. The predicted molar refractivity (Wildman–Crippen MR) is 142 cm³/mol. The van der Waals surface area contributed by atoms with E-state index in [1.807, 2.05) is 30.9 Å². The van der Waals surface area contributed by atoms with Crippen LogP contribution in [0.15, 0.2) is 35.1 Å². The van der Waals surface area contributed by atoms with Crippen LogP contribution in [-0.2, 0) is 16.1 Å². The minimum absolute atomic E-state index is 0.0451. The van der Waals surface area contributed by atoms with Crippen molar-refractivity contribution in [3.05, 3.63) is 56.7 Å². The van der Waals surface area contributed by atoms with Crippen LogP contribution in [0.3, 0.4) is 0 Å². The number of aromatic nitrogens is 2. The SMILES string of the molecule is COC(=O)C(NC(=O)c1cc2nc(N3CCC[C@@H](N)C3)n(Cc3ccccc3C#N)c(=O)c2s1)C(C)C. The number of fused-ring (bicyclic) bond motifs is 1. The first-order valence-corrected chi connectivity index (χ1v) is 13.0. The van der Waals surface area contributed by atoms with Crippen LogP contribution in [0.25, 0.3) is 10.2 Å². The van der Waals surface area contributed by atoms with Gasteiger partial charge < -0.3 is 20.7 Å². The molecule has 10 nitrogen and oxygen atoms in total. The van der Waals surface area contributed by atoms with Crippen LogP contribution >= 0.6 is 11.3 Å². The van der Waals surface area contributed by atoms with Crippen LogP contribution in [-0.4, -0.2) is 53.7 Å². The van der Waals surface area contributed by atoms with Gasteiger partial charge in [0.2, 0.25) is 5.95 Å². The lowest BCUT2D eigenvalue weighted by atomic mass is 10.0. The summed E-state index contributed by atoms with van der Waals surface area (Å²) < 4.78 is 6.70. The lowest BCUT2D eigenvalue weighted by molar-refractivity contribution is -0.144. The number of thiophene rings is 1. The minimum Gasteiger partial charge on any atom is -0.467 e. The molecule has 1 aliphatic heterocycles. The molecule has 1 fully saturated rings. The van der Waals surface area contributed by atoms with E-state index in [4.69, 9.17) is 15.5 Å². The number of nitriles is 1. The van der Waals surface area contributed by atoms with E-state index < -0.39 is 17.9 Å². The molecule has 0 spiro atoms. The second-order valence-corrected chi connectivity index (χ2v) is 10.5. The number of anilines is 1. The second-order valence-electron chi connectivity index (χ2n) is 9.46. The number of benzene rings is 1. The van der Waals surface area contributed by atoms with Gasteiger partial charge >= 0.3 is 5.97 Å². The zero-order valence-electron chi connectivity index (χ0n) is 21.1. The van der Waals surface area contributed by atoms with E-state index in [-0.39, 0.29) is 28.9 Å². The number of esters is 1. The van der Waals surface area contributed by atoms with E-state index in [1.165, 1.54) is 7.11 Å². The second kappa shape index (κ2) is 11.1. The molecule has 1 aromatic carbocycles. The van der Waals surface area contributed by atoms with Crippen molar-refractivity contribution in [3.8, 4) is 6.07 Å². The Balaban J connectivity index is 1.79. The maximum Gasteiger partial charge on any atom is 0.328 e. The van der Waals surface area contributed by atoms with Gasteiger partial charge in [-0.05, 0) is 36.5 Å². The molecule has 1 aliphatic rings. The van der Waals surface area contributed by atoms with Crippen molar-refractivity contribution in [2.24, 2.45) is 11.7 Å². The van der Waals surface area contributed by atoms with Gasteiger partial charge in [0.05, 0.1) is 35.7 Å². The third-order valence-corrected chi connectivity index (χ3v) is 7.56. The van der Waals surface area contributed by atoms with Gasteiger partial charge in [-0.15, -0.1) is 11.3 Å². The van der Waals surface area contributed by atoms with Gasteiger partial charge in [-0.25, -0.2) is 9.78 Å². The highest BCUT2D eigenvalue weighted by Gasteiger charge is 2.28. The normalized spacial score (nSPS) is 16.4. The van der Waals surface area contributed by atoms with Crippen molar-refractivity contribution in [2.75, 3.05) is 25.1 Å². The molecule has 2 atom stereocenters. The smallest absolute Gasteiger partial charge is 0.328 e. The van der Waals surface area contributed by atoms with Crippen molar-refractivity contribution in [1.82, 2.24) is 14.9 Å². The van der Waals surface area contributed by atoms with Crippen molar-refractivity contribution < 1.29 is 14.3 Å². The number of carbonyl (C=O) groups is 2. The third kappa shape index (κ3) is 5.50. The molecule has 37 heavy (non-hydrogen) atoms. The Morgan fingerprint density at radius 3 is 2.78 bits per heavy atom. The monoisotopic (exact) mass is 522 g/mol. The van der Waals surface area contributed by atoms with E-state index in [0.717, 1.165) is 24.2 Å². The first-order chi connectivity index (χ1) is 17.7. The number of nitrogens with two attached hydrogens (primary N) is 1. The Bertz CT molecular complexity index is 1420. The summed E-state index contributed by atoms with van der Waals surface area (Å²) in [5.41, 5.74) is 7.50. The number of piperidine rings is 1. The highest BCUT2D eigenvalue weighted by atomic mass is 32.1. The summed E-state index contributed by atoms with van der Waals surface area (Å²) >= 11 is 1.03. The molecule has 1 amide bonds. The average Bonchev–Trinajstić information content (AvgIpc) is 3.33. The molecule has 0 saturated carbocycles. The fourth-order valence-electron chi connectivity index (χ4n) is 4.46. The van der Waals surface area contributed by atoms with Crippen LogP contribution < -0.4 is 21.5 Å². The molecule has 0 radical (unpaired) electrons. The molecule has 0 aliphatic carbocycles. The summed E-state index contributed by atoms with van der Waals surface area (Å²) in [6.07, 6.45) is 1.76. The summed E-state index contributed by atoms with van der Waals surface area (Å²) in [6, 6.07) is 10.0. The molecule has 1 unspecified atom stereocenters. The average molecular weight is 523 g/mol. The Hall–Kier alpha value is -3.75. The predicted octanol–water partition coefficient (Wildman–Crippen LogP) is 2.23. The molecule has 0 bridgehead atoms. The summed E-state index contributed by atoms with van der Waals surface area (Å²) in [4.78, 5) is 46.0. The van der Waals surface area contributed by atoms with Crippen molar-refractivity contribution >= 4 is 39.4 Å². The largest absolute Gasteiger partial charge is 0.467 e. The van der Waals surface area contributed by atoms with Crippen LogP contribution in [0.5, 0.6) is 0 Å². The van der Waals surface area contributed by atoms with Crippen molar-refractivity contribution in [3.63, 3.8) is 0 Å². The van der Waals surface area contributed by atoms with Gasteiger partial charge in [0.15, 0.2) is 0 Å². The third-order valence-electron chi connectivity index (χ3n) is 6.45. The van der Waals surface area contributed by atoms with Crippen molar-refractivity contribution in [2.45, 2.75) is 45.3 Å². The first-order valence-electron chi connectivity index (χ1n) is 12.1. The number of hydrogen-bond donors (Lipinski definition) is 2. The fourth-order valence-corrected chi connectivity index (χ4v) is 5.41. The van der Waals surface area contributed by atoms with Gasteiger partial charge in [-0.3, -0.25) is 14.2 Å². The van der Waals surface area contributed by atoms with E-state index >= 15 is 0 Å². The van der Waals surface area contributed by atoms with Gasteiger partial charge in [-0.2, -0.15) is 5.26 Å². The van der Waals surface area contributed by atoms with Gasteiger partial charge in [0.25, 0.3) is 11.5 Å². The number of nitrogens with one attached hydrogen (secondary N) is 1. The maximum absolute atomic E-state index is 13.8. The van der Waals surface area contributed by atoms with Gasteiger partial charge in [0.1, 0.15) is 10.7 Å². The Kier molecular flexibility index (Phi) is 7.90. The van der Waals surface area contributed by atoms with Gasteiger partial charge in [0, 0.05) is 19.1 Å². The number of hydrogen-bond acceptors (Lipinski definition) is 9. The molecule has 2 aromatic heterocycles. The first kappa shape index (κ1) is 26.3. The van der Waals surface area contributed by atoms with E-state index in [2.05, 4.69) is 11.4 Å². The molecular formula is C26H30N6O4S. The summed E-state index contributed by atoms with van der Waals surface area (Å²) in [5, 5.41) is 12.3. The highest BCUT2D eigenvalue weighted by molar-refractivity contribution is 7.20. The topological polar surface area (TPSA) is 143 Å². The number of nitrogens with zero attached hydrogens (tertiary/aromatic N) is 4. The number of ether oxygens (including phenoxy) is 1. The number of carbonyl (C=O) groups excluding carboxylic acids is 2. The molecule has 3 aromatic rings. The number of methoxy groups -OCH3 is 1. The molecular weight excluding hydrogens is 492 g/mol. The van der Waals surface area contributed by atoms with Crippen LogP contribution in [0.4, 0.5) is 5.95 Å². The van der Waals surface area contributed by atoms with E-state index in [0.29, 0.717) is 40.4 Å². The molecule has 11 heteroatoms. The fraction of sp³-hybridized carbons (Fsp3) is 0.423. The van der Waals surface area contributed by atoms with Crippen LogP contribution in [0.2, 0.25) is 0 Å². The highest BCUT2D eigenvalue weighted by Crippen LogP contribution is 2.26. The Labute approximate surface area is 218 Å². The minimum atomic E-state index is -0.819. The molecule has 3 N–H and O–H groups in total. The van der Waals surface area contributed by atoms with Crippen molar-refractivity contribution in [1.29, 1.82) is 5.26 Å².